The molecule has 6 nitrogen and oxygen atoms in total. The summed E-state index contributed by atoms with van der Waals surface area (Å²) in [4.78, 5) is 8.67. The molecule has 6 rings (SSSR count). The maximum atomic E-state index is 6.23. The Morgan fingerprint density at radius 1 is 0.622 bits per heavy atom. The molecule has 0 spiro atoms. The van der Waals surface area contributed by atoms with Gasteiger partial charge in [0, 0.05) is 29.2 Å². The van der Waals surface area contributed by atoms with Crippen molar-refractivity contribution in [3.63, 3.8) is 0 Å². The maximum absolute atomic E-state index is 6.23. The van der Waals surface area contributed by atoms with E-state index in [0.717, 1.165) is 50.0 Å². The van der Waals surface area contributed by atoms with Crippen molar-refractivity contribution in [1.29, 1.82) is 0 Å². The number of hydrogen-bond acceptors (Lipinski definition) is 5. The van der Waals surface area contributed by atoms with Crippen LogP contribution in [0.4, 0.5) is 0 Å². The first-order valence-electron chi connectivity index (χ1n) is 12.1. The fourth-order valence-corrected chi connectivity index (χ4v) is 5.43. The van der Waals surface area contributed by atoms with E-state index in [-0.39, 0.29) is 0 Å². The number of aryl methyl sites for hydroxylation is 1. The number of pyridine rings is 3. The number of rotatable bonds is 5. The van der Waals surface area contributed by atoms with Crippen molar-refractivity contribution in [3.05, 3.63) is 110 Å². The molecule has 0 aliphatic carbocycles. The van der Waals surface area contributed by atoms with Crippen LogP contribution in [0.5, 0.6) is 17.2 Å². The van der Waals surface area contributed by atoms with E-state index >= 15 is 0 Å². The second-order valence-corrected chi connectivity index (χ2v) is 10.1. The third-order valence-electron chi connectivity index (χ3n) is 5.97. The van der Waals surface area contributed by atoms with Gasteiger partial charge in [-0.1, -0.05) is 42.5 Å². The molecule has 3 aromatic carbocycles. The molecule has 0 aliphatic rings. The van der Waals surface area contributed by atoms with E-state index < -0.39 is 14.8 Å². The van der Waals surface area contributed by atoms with Crippen LogP contribution in [0.3, 0.4) is 0 Å². The Morgan fingerprint density at radius 3 is 1.81 bits per heavy atom. The van der Waals surface area contributed by atoms with Crippen LogP contribution in [0.25, 0.3) is 32.7 Å². The molecule has 0 unspecified atom stereocenters. The Kier molecular flexibility index (Phi) is 7.46. The maximum Gasteiger partial charge on any atom is 0.853 e. The smallest absolute Gasteiger partial charge is 0.610 e. The first-order valence-corrected chi connectivity index (χ1v) is 14.2. The van der Waals surface area contributed by atoms with Crippen LogP contribution < -0.4 is 16.9 Å². The van der Waals surface area contributed by atoms with Crippen molar-refractivity contribution >= 4 is 47.5 Å². The zero-order valence-electron chi connectivity index (χ0n) is 21.0. The van der Waals surface area contributed by atoms with Gasteiger partial charge in [0.2, 0.25) is 0 Å². The Bertz CT molecular complexity index is 1660. The molecule has 0 amide bonds. The van der Waals surface area contributed by atoms with Gasteiger partial charge >= 0.3 is 14.8 Å². The summed E-state index contributed by atoms with van der Waals surface area (Å²) in [6.45, 7) is 0. The number of hydrogen-bond donors (Lipinski definition) is 0. The van der Waals surface area contributed by atoms with Gasteiger partial charge in [-0.15, -0.1) is 0 Å². The molecule has 0 radical (unpaired) electrons. The fraction of sp³-hybridized carbons (Fsp3) is 0.100. The lowest BCUT2D eigenvalue weighted by atomic mass is 10.2. The van der Waals surface area contributed by atoms with Crippen molar-refractivity contribution in [1.82, 2.24) is 9.97 Å². The summed E-state index contributed by atoms with van der Waals surface area (Å²) in [5.41, 5.74) is 2.86. The highest BCUT2D eigenvalue weighted by molar-refractivity contribution is 6.44. The van der Waals surface area contributed by atoms with Crippen molar-refractivity contribution < 1.29 is 16.9 Å². The van der Waals surface area contributed by atoms with Crippen molar-refractivity contribution in [3.8, 4) is 17.2 Å². The van der Waals surface area contributed by atoms with Crippen LogP contribution in [0, 0.1) is 0 Å². The predicted molar refractivity (Wildman–Crippen MR) is 148 cm³/mol. The highest BCUT2D eigenvalue weighted by atomic mass is 27.2. The van der Waals surface area contributed by atoms with Crippen LogP contribution in [0.2, 0.25) is 5.79 Å². The van der Waals surface area contributed by atoms with Gasteiger partial charge in [-0.3, -0.25) is 9.97 Å². The number of aromatic nitrogens is 3. The van der Waals surface area contributed by atoms with Gasteiger partial charge in [-0.05, 0) is 48.3 Å². The lowest BCUT2D eigenvalue weighted by Crippen LogP contribution is -2.31. The third kappa shape index (κ3) is 5.49. The topological polar surface area (TPSA) is 57.4 Å². The van der Waals surface area contributed by atoms with Gasteiger partial charge in [-0.2, -0.15) is 4.57 Å². The number of ether oxygens (including phenoxy) is 1. The summed E-state index contributed by atoms with van der Waals surface area (Å²) in [7, 11) is 3.68. The normalized spacial score (nSPS) is 10.6. The fourth-order valence-electron chi connectivity index (χ4n) is 4.29. The minimum Gasteiger partial charge on any atom is -0.610 e. The molecule has 37 heavy (non-hydrogen) atoms. The molecular weight excluding hydrogens is 477 g/mol. The summed E-state index contributed by atoms with van der Waals surface area (Å²) in [6, 6.07) is 30.0. The Balaban J connectivity index is 0.000000195. The van der Waals surface area contributed by atoms with Gasteiger partial charge in [-0.25, -0.2) is 0 Å². The zero-order chi connectivity index (χ0) is 25.6. The number of para-hydroxylation sites is 3. The van der Waals surface area contributed by atoms with Crippen LogP contribution in [0.15, 0.2) is 110 Å². The van der Waals surface area contributed by atoms with E-state index in [4.69, 9.17) is 12.3 Å². The van der Waals surface area contributed by atoms with E-state index in [0.29, 0.717) is 0 Å². The minimum absolute atomic E-state index is 0.780. The van der Waals surface area contributed by atoms with Gasteiger partial charge < -0.3 is 12.3 Å². The number of benzene rings is 3. The molecule has 3 aromatic heterocycles. The Labute approximate surface area is 220 Å². The largest absolute Gasteiger partial charge is 0.853 e. The molecule has 7 heteroatoms. The molecule has 6 aromatic rings. The standard InChI is InChI=1S/2C10H9NO.C9H7NO.CH3.Al/c1-12-9-6-2-4-8-5-3-7-11-10(8)9;1-11-7-3-5-8-4-2-6-9(12)10(8)11;11-8-5-1-3-7-4-2-6-10-9(7)8;;/h2*2-7H,1H3;1-6,11H;1H3;/q;;;;+2/p-1. The molecule has 0 saturated carbocycles. The van der Waals surface area contributed by atoms with E-state index in [1.165, 1.54) is 0 Å². The van der Waals surface area contributed by atoms with Gasteiger partial charge in [0.15, 0.2) is 11.9 Å². The molecule has 3 heterocycles. The van der Waals surface area contributed by atoms with E-state index in [1.54, 1.807) is 19.5 Å². The highest BCUT2D eigenvalue weighted by Gasteiger charge is 2.28. The Morgan fingerprint density at radius 2 is 1.14 bits per heavy atom. The highest BCUT2D eigenvalue weighted by Crippen LogP contribution is 2.26. The first-order chi connectivity index (χ1) is 18.1. The van der Waals surface area contributed by atoms with Crippen molar-refractivity contribution in [2.24, 2.45) is 7.05 Å². The van der Waals surface area contributed by atoms with Crippen molar-refractivity contribution in [2.75, 3.05) is 7.11 Å². The molecule has 0 atom stereocenters. The van der Waals surface area contributed by atoms with Crippen LogP contribution in [-0.4, -0.2) is 31.9 Å². The zero-order valence-corrected chi connectivity index (χ0v) is 22.2. The van der Waals surface area contributed by atoms with Crippen LogP contribution >= 0.6 is 0 Å². The van der Waals surface area contributed by atoms with Crippen LogP contribution in [-0.2, 0) is 7.05 Å². The second kappa shape index (κ2) is 11.3. The first kappa shape index (κ1) is 24.5. The molecule has 0 fully saturated rings. The third-order valence-corrected chi connectivity index (χ3v) is 7.14. The quantitative estimate of drug-likeness (QED) is 0.212. The average Bonchev–Trinajstić information content (AvgIpc) is 2.93. The molecule has 182 valence electrons. The summed E-state index contributed by atoms with van der Waals surface area (Å²) in [5.74, 6) is 4.49. The second-order valence-electron chi connectivity index (χ2n) is 8.48. The van der Waals surface area contributed by atoms with E-state index in [2.05, 4.69) is 26.7 Å². The lowest BCUT2D eigenvalue weighted by Gasteiger charge is -2.15. The van der Waals surface area contributed by atoms with Gasteiger partial charge in [0.05, 0.1) is 12.5 Å². The minimum atomic E-state index is -1.94. The summed E-state index contributed by atoms with van der Waals surface area (Å²) in [6.07, 6.45) is 5.58. The summed E-state index contributed by atoms with van der Waals surface area (Å²) < 4.78 is 19.6. The Hall–Kier alpha value is -4.18. The van der Waals surface area contributed by atoms with E-state index in [9.17, 15) is 0 Å². The SMILES string of the molecule is COc1cccc2cccnc12.C[n+]1cccc2cccc([O][Al]([CH3])[O]c3cccc4cccnc34)c21. The van der Waals surface area contributed by atoms with E-state index in [1.807, 2.05) is 97.9 Å². The van der Waals surface area contributed by atoms with Crippen LogP contribution in [0.1, 0.15) is 0 Å². The van der Waals surface area contributed by atoms with Crippen molar-refractivity contribution in [2.45, 2.75) is 5.79 Å². The molecule has 0 saturated heterocycles. The van der Waals surface area contributed by atoms with Gasteiger partial charge in [0.25, 0.3) is 5.52 Å². The number of methoxy groups -OCH3 is 1. The lowest BCUT2D eigenvalue weighted by molar-refractivity contribution is -0.645. The predicted octanol–water partition coefficient (Wildman–Crippen LogP) is 6.03. The molecular formula is C30H27AlN3O3+. The van der Waals surface area contributed by atoms with Gasteiger partial charge in [0.1, 0.15) is 29.6 Å². The molecule has 0 N–H and O–H groups in total. The number of fused-ring (bicyclic) bond motifs is 3. The molecule has 0 aliphatic heterocycles. The number of nitrogens with zero attached hydrogens (tertiary/aromatic N) is 3. The average molecular weight is 505 g/mol. The molecule has 0 bridgehead atoms. The summed E-state index contributed by atoms with van der Waals surface area (Å²) in [5, 5.41) is 3.32. The monoisotopic (exact) mass is 504 g/mol. The summed E-state index contributed by atoms with van der Waals surface area (Å²) >= 11 is -1.94.